The van der Waals surface area contributed by atoms with Crippen molar-refractivity contribution in [2.24, 2.45) is 0 Å². The second-order valence-corrected chi connectivity index (χ2v) is 16.7. The zero-order valence-corrected chi connectivity index (χ0v) is 39.7. The minimum atomic E-state index is -0.551. The van der Waals surface area contributed by atoms with Gasteiger partial charge in [0, 0.05) is 19.4 Å². The summed E-state index contributed by atoms with van der Waals surface area (Å²) in [5.74, 6) is -0.426. The predicted octanol–water partition coefficient (Wildman–Crippen LogP) is 17.1. The van der Waals surface area contributed by atoms with E-state index >= 15 is 0 Å². The highest BCUT2D eigenvalue weighted by Gasteiger charge is 2.17. The summed E-state index contributed by atoms with van der Waals surface area (Å²) in [4.78, 5) is 25.3. The summed E-state index contributed by atoms with van der Waals surface area (Å²) in [5.41, 5.74) is 0. The molecule has 1 unspecified atom stereocenters. The summed E-state index contributed by atoms with van der Waals surface area (Å²) in [7, 11) is 0. The van der Waals surface area contributed by atoms with Crippen LogP contribution in [0.25, 0.3) is 0 Å². The van der Waals surface area contributed by atoms with Crippen LogP contribution in [0, 0.1) is 0 Å². The predicted molar refractivity (Wildman–Crippen MR) is 260 cm³/mol. The Morgan fingerprint density at radius 2 is 0.783 bits per heavy atom. The van der Waals surface area contributed by atoms with Gasteiger partial charge in [0.25, 0.3) is 0 Å². The molecule has 5 nitrogen and oxygen atoms in total. The van der Waals surface area contributed by atoms with Crippen LogP contribution < -0.4 is 0 Å². The van der Waals surface area contributed by atoms with Gasteiger partial charge >= 0.3 is 11.9 Å². The largest absolute Gasteiger partial charge is 0.462 e. The van der Waals surface area contributed by atoms with E-state index in [-0.39, 0.29) is 25.2 Å². The first-order valence-electron chi connectivity index (χ1n) is 25.5. The zero-order chi connectivity index (χ0) is 43.5. The van der Waals surface area contributed by atoms with E-state index < -0.39 is 6.10 Å². The van der Waals surface area contributed by atoms with E-state index in [0.717, 1.165) is 89.9 Å². The van der Waals surface area contributed by atoms with Gasteiger partial charge in [-0.1, -0.05) is 196 Å². The zero-order valence-electron chi connectivity index (χ0n) is 39.7. The Labute approximate surface area is 372 Å². The van der Waals surface area contributed by atoms with Gasteiger partial charge < -0.3 is 14.2 Å². The molecule has 0 saturated heterocycles. The molecule has 0 amide bonds. The van der Waals surface area contributed by atoms with Crippen molar-refractivity contribution in [3.8, 4) is 0 Å². The number of ether oxygens (including phenoxy) is 3. The van der Waals surface area contributed by atoms with Gasteiger partial charge in [-0.25, -0.2) is 0 Å². The molecule has 0 heterocycles. The Morgan fingerprint density at radius 3 is 1.28 bits per heavy atom. The van der Waals surface area contributed by atoms with Crippen molar-refractivity contribution in [2.75, 3.05) is 19.8 Å². The highest BCUT2D eigenvalue weighted by atomic mass is 16.6. The van der Waals surface area contributed by atoms with Crippen LogP contribution >= 0.6 is 0 Å². The molecule has 0 spiro atoms. The van der Waals surface area contributed by atoms with Gasteiger partial charge in [0.2, 0.25) is 0 Å². The van der Waals surface area contributed by atoms with E-state index in [2.05, 4.69) is 93.7 Å². The molecular formula is C55H96O5. The molecule has 0 N–H and O–H groups in total. The fourth-order valence-electron chi connectivity index (χ4n) is 6.91. The number of unbranched alkanes of at least 4 members (excludes halogenated alkanes) is 23. The molecule has 0 bridgehead atoms. The summed E-state index contributed by atoms with van der Waals surface area (Å²) < 4.78 is 17.4. The molecule has 5 heteroatoms. The van der Waals surface area contributed by atoms with E-state index in [1.807, 2.05) is 0 Å². The Hall–Kier alpha value is -2.66. The molecule has 0 saturated carbocycles. The van der Waals surface area contributed by atoms with Gasteiger partial charge in [0.15, 0.2) is 6.10 Å². The molecule has 0 aromatic heterocycles. The smallest absolute Gasteiger partial charge is 0.306 e. The molecule has 0 aromatic carbocycles. The first-order chi connectivity index (χ1) is 29.6. The average molecular weight is 837 g/mol. The van der Waals surface area contributed by atoms with Crippen LogP contribution in [-0.4, -0.2) is 37.9 Å². The summed E-state index contributed by atoms with van der Waals surface area (Å²) in [6.45, 7) is 7.61. The van der Waals surface area contributed by atoms with Gasteiger partial charge in [-0.15, -0.1) is 0 Å². The van der Waals surface area contributed by atoms with Crippen molar-refractivity contribution < 1.29 is 23.8 Å². The third-order valence-corrected chi connectivity index (χ3v) is 10.7. The topological polar surface area (TPSA) is 61.8 Å². The van der Waals surface area contributed by atoms with Crippen molar-refractivity contribution in [2.45, 2.75) is 245 Å². The lowest BCUT2D eigenvalue weighted by molar-refractivity contribution is -0.163. The maximum Gasteiger partial charge on any atom is 0.306 e. The van der Waals surface area contributed by atoms with Crippen LogP contribution in [0.5, 0.6) is 0 Å². The van der Waals surface area contributed by atoms with Crippen LogP contribution in [0.1, 0.15) is 239 Å². The number of hydrogen-bond donors (Lipinski definition) is 0. The highest BCUT2D eigenvalue weighted by Crippen LogP contribution is 2.13. The fourth-order valence-corrected chi connectivity index (χ4v) is 6.91. The molecule has 60 heavy (non-hydrogen) atoms. The third kappa shape index (κ3) is 48.0. The van der Waals surface area contributed by atoms with E-state index in [1.54, 1.807) is 0 Å². The third-order valence-electron chi connectivity index (χ3n) is 10.7. The summed E-state index contributed by atoms with van der Waals surface area (Å²) in [5, 5.41) is 0. The minimum Gasteiger partial charge on any atom is -0.462 e. The SMILES string of the molecule is CC/C=C\C/C=C\C/C=C\CCCCCCCCCCOCC(COC(=O)CCCCCCC/C=C\C/C=C\CCC)OC(=O)CCCCCCC/C=C\CCCCCC. The lowest BCUT2D eigenvalue weighted by atomic mass is 10.1. The van der Waals surface area contributed by atoms with Gasteiger partial charge in [0.1, 0.15) is 6.61 Å². The molecule has 1 atom stereocenters. The number of rotatable bonds is 46. The maximum absolute atomic E-state index is 12.8. The number of allylic oxidation sites excluding steroid dienone is 12. The van der Waals surface area contributed by atoms with Crippen molar-refractivity contribution >= 4 is 11.9 Å². The van der Waals surface area contributed by atoms with Crippen LogP contribution in [-0.2, 0) is 23.8 Å². The van der Waals surface area contributed by atoms with Gasteiger partial charge in [-0.05, 0) is 103 Å². The van der Waals surface area contributed by atoms with E-state index in [1.165, 1.54) is 116 Å². The van der Waals surface area contributed by atoms with Crippen molar-refractivity contribution in [3.63, 3.8) is 0 Å². The quantitative estimate of drug-likeness (QED) is 0.0347. The molecule has 0 aliphatic heterocycles. The molecule has 0 rings (SSSR count). The first kappa shape index (κ1) is 57.3. The standard InChI is InChI=1S/C55H96O5/c1-4-7-10-13-16-19-22-25-26-27-28-29-32-35-38-41-44-47-50-58-51-53(60-55(57)49-46-43-40-37-34-31-24-21-18-15-12-9-6-3)52-59-54(56)48-45-42-39-36-33-30-23-20-17-14-11-8-5-2/h7,10-11,14,16,19-21,23-26,53H,4-6,8-9,12-13,15,17-18,22,27-52H2,1-3H3/b10-7-,14-11-,19-16-,23-20-,24-21-,26-25-. The van der Waals surface area contributed by atoms with Crippen LogP contribution in [0.15, 0.2) is 72.9 Å². The van der Waals surface area contributed by atoms with E-state index in [4.69, 9.17) is 14.2 Å². The highest BCUT2D eigenvalue weighted by molar-refractivity contribution is 5.70. The molecule has 0 aliphatic rings. The molecule has 0 radical (unpaired) electrons. The normalized spacial score (nSPS) is 12.8. The lowest BCUT2D eigenvalue weighted by Gasteiger charge is -2.18. The molecule has 0 aliphatic carbocycles. The Bertz CT molecular complexity index is 1080. The Morgan fingerprint density at radius 1 is 0.383 bits per heavy atom. The van der Waals surface area contributed by atoms with Crippen molar-refractivity contribution in [3.05, 3.63) is 72.9 Å². The fraction of sp³-hybridized carbons (Fsp3) is 0.745. The van der Waals surface area contributed by atoms with Crippen molar-refractivity contribution in [1.29, 1.82) is 0 Å². The Balaban J connectivity index is 4.29. The number of carbonyl (C=O) groups is 2. The number of esters is 2. The lowest BCUT2D eigenvalue weighted by Crippen LogP contribution is -2.30. The number of carbonyl (C=O) groups excluding carboxylic acids is 2. The average Bonchev–Trinajstić information content (AvgIpc) is 3.25. The van der Waals surface area contributed by atoms with Gasteiger partial charge in [0.05, 0.1) is 6.61 Å². The maximum atomic E-state index is 12.8. The monoisotopic (exact) mass is 837 g/mol. The molecule has 0 aromatic rings. The molecule has 0 fully saturated rings. The first-order valence-corrected chi connectivity index (χ1v) is 25.5. The van der Waals surface area contributed by atoms with Gasteiger partial charge in [-0.2, -0.15) is 0 Å². The van der Waals surface area contributed by atoms with Crippen LogP contribution in [0.3, 0.4) is 0 Å². The molecular weight excluding hydrogens is 741 g/mol. The van der Waals surface area contributed by atoms with Crippen LogP contribution in [0.4, 0.5) is 0 Å². The summed E-state index contributed by atoms with van der Waals surface area (Å²) in [6, 6.07) is 0. The minimum absolute atomic E-state index is 0.0699. The number of hydrogen-bond acceptors (Lipinski definition) is 5. The Kier molecular flexibility index (Phi) is 48.4. The van der Waals surface area contributed by atoms with Gasteiger partial charge in [-0.3, -0.25) is 9.59 Å². The van der Waals surface area contributed by atoms with E-state index in [0.29, 0.717) is 19.4 Å². The summed E-state index contributed by atoms with van der Waals surface area (Å²) >= 11 is 0. The van der Waals surface area contributed by atoms with Crippen molar-refractivity contribution in [1.82, 2.24) is 0 Å². The van der Waals surface area contributed by atoms with E-state index in [9.17, 15) is 9.59 Å². The summed E-state index contributed by atoms with van der Waals surface area (Å²) in [6.07, 6.45) is 64.8. The second-order valence-electron chi connectivity index (χ2n) is 16.7. The molecule has 346 valence electrons. The second kappa shape index (κ2) is 50.7. The van der Waals surface area contributed by atoms with Crippen LogP contribution in [0.2, 0.25) is 0 Å².